The summed E-state index contributed by atoms with van der Waals surface area (Å²) < 4.78 is 10.2. The number of benzene rings is 1. The Labute approximate surface area is 88.0 Å². The van der Waals surface area contributed by atoms with Gasteiger partial charge in [-0.2, -0.15) is 5.26 Å². The molecule has 1 aromatic rings. The topological polar surface area (TPSA) is 59.3 Å². The van der Waals surface area contributed by atoms with Gasteiger partial charge in [0.25, 0.3) is 0 Å². The van der Waals surface area contributed by atoms with Gasteiger partial charge in [-0.05, 0) is 19.1 Å². The molecule has 0 aliphatic heterocycles. The van der Waals surface area contributed by atoms with E-state index in [1.54, 1.807) is 25.1 Å². The van der Waals surface area contributed by atoms with Crippen LogP contribution in [0.1, 0.15) is 17.3 Å². The van der Waals surface area contributed by atoms with Crippen LogP contribution in [0.4, 0.5) is 0 Å². The fourth-order valence-corrected chi connectivity index (χ4v) is 1.06. The van der Waals surface area contributed by atoms with E-state index in [4.69, 9.17) is 14.7 Å². The summed E-state index contributed by atoms with van der Waals surface area (Å²) in [5.41, 5.74) is 0.401. The van der Waals surface area contributed by atoms with Crippen molar-refractivity contribution in [2.45, 2.75) is 13.0 Å². The second-order valence-corrected chi connectivity index (χ2v) is 2.91. The van der Waals surface area contributed by atoms with Crippen LogP contribution >= 0.6 is 0 Å². The maximum atomic E-state index is 10.7. The predicted octanol–water partition coefficient (Wildman–Crippen LogP) is 1.80. The second kappa shape index (κ2) is 5.01. The van der Waals surface area contributed by atoms with Gasteiger partial charge >= 0.3 is 0 Å². The number of ether oxygens (including phenoxy) is 2. The summed E-state index contributed by atoms with van der Waals surface area (Å²) >= 11 is 0. The lowest BCUT2D eigenvalue weighted by atomic mass is 10.2. The minimum atomic E-state index is -0.601. The lowest BCUT2D eigenvalue weighted by molar-refractivity contribution is 0.111. The fraction of sp³-hybridized carbons (Fsp3) is 0.273. The average Bonchev–Trinajstić information content (AvgIpc) is 2.28. The SMILES string of the molecule is COc1ccc(C=O)c(OC(C)C#N)c1. The third-order valence-corrected chi connectivity index (χ3v) is 1.83. The van der Waals surface area contributed by atoms with Crippen LogP contribution in [0.5, 0.6) is 11.5 Å². The standard InChI is InChI=1S/C11H11NO3/c1-8(6-12)15-11-5-10(14-2)4-3-9(11)7-13/h3-5,7-8H,1-2H3. The quantitative estimate of drug-likeness (QED) is 0.703. The summed E-state index contributed by atoms with van der Waals surface area (Å²) in [6.45, 7) is 1.61. The number of nitrogens with zero attached hydrogens (tertiary/aromatic N) is 1. The molecule has 0 spiro atoms. The number of hydrogen-bond acceptors (Lipinski definition) is 4. The minimum Gasteiger partial charge on any atom is -0.497 e. The van der Waals surface area contributed by atoms with Gasteiger partial charge in [0.05, 0.1) is 12.7 Å². The van der Waals surface area contributed by atoms with Gasteiger partial charge in [0, 0.05) is 6.07 Å². The molecule has 4 heteroatoms. The lowest BCUT2D eigenvalue weighted by Gasteiger charge is -2.10. The van der Waals surface area contributed by atoms with E-state index in [1.165, 1.54) is 7.11 Å². The Kier molecular flexibility index (Phi) is 3.69. The van der Waals surface area contributed by atoms with E-state index < -0.39 is 6.10 Å². The normalized spacial score (nSPS) is 11.3. The van der Waals surface area contributed by atoms with Crippen LogP contribution in [0.3, 0.4) is 0 Å². The van der Waals surface area contributed by atoms with Crippen molar-refractivity contribution in [3.63, 3.8) is 0 Å². The van der Waals surface area contributed by atoms with Crippen molar-refractivity contribution in [3.8, 4) is 17.6 Å². The van der Waals surface area contributed by atoms with Gasteiger partial charge in [-0.15, -0.1) is 0 Å². The first-order chi connectivity index (χ1) is 7.21. The van der Waals surface area contributed by atoms with E-state index >= 15 is 0 Å². The molecule has 0 bridgehead atoms. The monoisotopic (exact) mass is 205 g/mol. The molecule has 0 radical (unpaired) electrons. The van der Waals surface area contributed by atoms with Crippen molar-refractivity contribution in [3.05, 3.63) is 23.8 Å². The molecule has 1 aromatic carbocycles. The first kappa shape index (κ1) is 11.1. The Balaban J connectivity index is 3.02. The van der Waals surface area contributed by atoms with E-state index in [0.717, 1.165) is 0 Å². The maximum Gasteiger partial charge on any atom is 0.181 e. The molecule has 0 aromatic heterocycles. The highest BCUT2D eigenvalue weighted by molar-refractivity contribution is 5.79. The molecule has 4 nitrogen and oxygen atoms in total. The summed E-state index contributed by atoms with van der Waals surface area (Å²) in [6.07, 6.45) is 0.0783. The van der Waals surface area contributed by atoms with Crippen LogP contribution in [-0.2, 0) is 0 Å². The van der Waals surface area contributed by atoms with E-state index in [2.05, 4.69) is 0 Å². The lowest BCUT2D eigenvalue weighted by Crippen LogP contribution is -2.09. The van der Waals surface area contributed by atoms with Gasteiger partial charge in [0.15, 0.2) is 12.4 Å². The molecule has 1 unspecified atom stereocenters. The van der Waals surface area contributed by atoms with Crippen molar-refractivity contribution in [1.29, 1.82) is 5.26 Å². The molecule has 78 valence electrons. The van der Waals surface area contributed by atoms with Gasteiger partial charge in [-0.3, -0.25) is 4.79 Å². The fourth-order valence-electron chi connectivity index (χ4n) is 1.06. The van der Waals surface area contributed by atoms with Crippen LogP contribution in [0.25, 0.3) is 0 Å². The van der Waals surface area contributed by atoms with Crippen molar-refractivity contribution in [2.24, 2.45) is 0 Å². The Morgan fingerprint density at radius 3 is 2.80 bits per heavy atom. The van der Waals surface area contributed by atoms with Crippen LogP contribution in [0, 0.1) is 11.3 Å². The summed E-state index contributed by atoms with van der Waals surface area (Å²) in [7, 11) is 1.52. The Morgan fingerprint density at radius 2 is 2.27 bits per heavy atom. The first-order valence-corrected chi connectivity index (χ1v) is 4.40. The number of carbonyl (C=O) groups excluding carboxylic acids is 1. The molecular formula is C11H11NO3. The number of aldehydes is 1. The van der Waals surface area contributed by atoms with Gasteiger partial charge in [0.2, 0.25) is 0 Å². The third kappa shape index (κ3) is 2.71. The van der Waals surface area contributed by atoms with Crippen LogP contribution in [-0.4, -0.2) is 19.5 Å². The summed E-state index contributed by atoms with van der Waals surface area (Å²) in [4.78, 5) is 10.7. The van der Waals surface area contributed by atoms with Gasteiger partial charge in [-0.25, -0.2) is 0 Å². The molecule has 0 N–H and O–H groups in total. The number of nitriles is 1. The summed E-state index contributed by atoms with van der Waals surface area (Å²) in [6, 6.07) is 6.75. The van der Waals surface area contributed by atoms with Gasteiger partial charge < -0.3 is 9.47 Å². The largest absolute Gasteiger partial charge is 0.497 e. The molecule has 0 aliphatic rings. The second-order valence-electron chi connectivity index (χ2n) is 2.91. The molecule has 0 amide bonds. The first-order valence-electron chi connectivity index (χ1n) is 4.40. The molecule has 15 heavy (non-hydrogen) atoms. The van der Waals surface area contributed by atoms with E-state index in [0.29, 0.717) is 23.3 Å². The third-order valence-electron chi connectivity index (χ3n) is 1.83. The van der Waals surface area contributed by atoms with Crippen LogP contribution in [0.2, 0.25) is 0 Å². The van der Waals surface area contributed by atoms with Gasteiger partial charge in [0.1, 0.15) is 17.6 Å². The highest BCUT2D eigenvalue weighted by atomic mass is 16.5. The molecule has 0 aliphatic carbocycles. The number of methoxy groups -OCH3 is 1. The predicted molar refractivity (Wildman–Crippen MR) is 54.1 cm³/mol. The average molecular weight is 205 g/mol. The van der Waals surface area contributed by atoms with E-state index in [1.807, 2.05) is 6.07 Å². The molecule has 0 heterocycles. The maximum absolute atomic E-state index is 10.7. The number of hydrogen-bond donors (Lipinski definition) is 0. The molecule has 0 saturated carbocycles. The number of rotatable bonds is 4. The molecule has 0 saturated heterocycles. The minimum absolute atomic E-state index is 0.360. The number of carbonyl (C=O) groups is 1. The zero-order valence-corrected chi connectivity index (χ0v) is 8.56. The summed E-state index contributed by atoms with van der Waals surface area (Å²) in [5, 5.41) is 8.59. The highest BCUT2D eigenvalue weighted by Crippen LogP contribution is 2.24. The van der Waals surface area contributed by atoms with E-state index in [-0.39, 0.29) is 0 Å². The van der Waals surface area contributed by atoms with Crippen molar-refractivity contribution in [1.82, 2.24) is 0 Å². The molecular weight excluding hydrogens is 194 g/mol. The Morgan fingerprint density at radius 1 is 1.53 bits per heavy atom. The Hall–Kier alpha value is -2.02. The molecule has 1 atom stereocenters. The van der Waals surface area contributed by atoms with E-state index in [9.17, 15) is 4.79 Å². The Bertz CT molecular complexity index is 395. The van der Waals surface area contributed by atoms with Crippen molar-refractivity contribution in [2.75, 3.05) is 7.11 Å². The zero-order chi connectivity index (χ0) is 11.3. The molecule has 1 rings (SSSR count). The summed E-state index contributed by atoms with van der Waals surface area (Å²) in [5.74, 6) is 0.944. The smallest absolute Gasteiger partial charge is 0.181 e. The highest BCUT2D eigenvalue weighted by Gasteiger charge is 2.08. The van der Waals surface area contributed by atoms with Crippen LogP contribution < -0.4 is 9.47 Å². The van der Waals surface area contributed by atoms with Crippen LogP contribution in [0.15, 0.2) is 18.2 Å². The zero-order valence-electron chi connectivity index (χ0n) is 8.56. The molecule has 0 fully saturated rings. The van der Waals surface area contributed by atoms with Crippen molar-refractivity contribution < 1.29 is 14.3 Å². The van der Waals surface area contributed by atoms with Gasteiger partial charge in [-0.1, -0.05) is 0 Å². The van der Waals surface area contributed by atoms with Crippen molar-refractivity contribution >= 4 is 6.29 Å².